The molecule has 7 heteroatoms. The van der Waals surface area contributed by atoms with Crippen LogP contribution in [0.1, 0.15) is 25.0 Å². The molecule has 0 aliphatic rings. The van der Waals surface area contributed by atoms with Crippen molar-refractivity contribution in [2.45, 2.75) is 39.4 Å². The molecule has 3 rings (SSSR count). The van der Waals surface area contributed by atoms with Crippen LogP contribution in [-0.4, -0.2) is 33.0 Å². The fourth-order valence-electron chi connectivity index (χ4n) is 3.19. The molecule has 6 nitrogen and oxygen atoms in total. The average molecular weight is 411 g/mol. The topological polar surface area (TPSA) is 69.0 Å². The molecule has 0 saturated carbocycles. The molecule has 0 spiro atoms. The number of anilines is 1. The zero-order valence-electron chi connectivity index (χ0n) is 17.2. The zero-order valence-corrected chi connectivity index (χ0v) is 18.0. The van der Waals surface area contributed by atoms with Crippen molar-refractivity contribution in [2.24, 2.45) is 0 Å². The van der Waals surface area contributed by atoms with Crippen molar-refractivity contribution in [3.05, 3.63) is 53.6 Å². The summed E-state index contributed by atoms with van der Waals surface area (Å²) in [6.07, 6.45) is 0. The predicted octanol–water partition coefficient (Wildman–Crippen LogP) is 4.71. The number of thioether (sulfide) groups is 1. The summed E-state index contributed by atoms with van der Waals surface area (Å²) in [6, 6.07) is 13.8. The maximum atomic E-state index is 12.4. The van der Waals surface area contributed by atoms with Gasteiger partial charge in [0.1, 0.15) is 5.75 Å². The zero-order chi connectivity index (χ0) is 20.8. The van der Waals surface area contributed by atoms with E-state index in [1.807, 2.05) is 68.7 Å². The number of nitrogens with zero attached hydrogens (tertiary/aromatic N) is 3. The normalized spacial score (nSPS) is 10.8. The highest BCUT2D eigenvalue weighted by molar-refractivity contribution is 7.99. The molecule has 0 fully saturated rings. The minimum absolute atomic E-state index is 0.0677. The van der Waals surface area contributed by atoms with Crippen LogP contribution in [0.4, 0.5) is 5.69 Å². The summed E-state index contributed by atoms with van der Waals surface area (Å²) in [5.74, 6) is 1.72. The number of nitrogens with one attached hydrogen (secondary N) is 1. The van der Waals surface area contributed by atoms with Crippen LogP contribution in [-0.2, 0) is 11.3 Å². The molecule has 0 aliphatic heterocycles. The summed E-state index contributed by atoms with van der Waals surface area (Å²) in [5.41, 5.74) is 3.96. The molecule has 0 bridgehead atoms. The van der Waals surface area contributed by atoms with Crippen molar-refractivity contribution >= 4 is 23.4 Å². The highest BCUT2D eigenvalue weighted by atomic mass is 32.2. The molecule has 2 aromatic carbocycles. The molecule has 29 heavy (non-hydrogen) atoms. The number of aryl methyl sites for hydroxylation is 2. The minimum atomic E-state index is -0.0677. The molecule has 0 unspecified atom stereocenters. The van der Waals surface area contributed by atoms with Crippen LogP contribution in [0.15, 0.2) is 47.6 Å². The number of hydrogen-bond donors (Lipinski definition) is 1. The number of amides is 1. The lowest BCUT2D eigenvalue weighted by atomic mass is 10.1. The Labute approximate surface area is 175 Å². The van der Waals surface area contributed by atoms with Gasteiger partial charge >= 0.3 is 0 Å². The number of carbonyl (C=O) groups excluding carboxylic acids is 1. The molecular formula is C22H26N4O2S. The Morgan fingerprint density at radius 1 is 1.10 bits per heavy atom. The van der Waals surface area contributed by atoms with Gasteiger partial charge in [-0.25, -0.2) is 0 Å². The first-order chi connectivity index (χ1) is 14.0. The monoisotopic (exact) mass is 410 g/mol. The molecule has 0 radical (unpaired) electrons. The smallest absolute Gasteiger partial charge is 0.234 e. The van der Waals surface area contributed by atoms with Crippen LogP contribution in [0.2, 0.25) is 0 Å². The summed E-state index contributed by atoms with van der Waals surface area (Å²) < 4.78 is 7.74. The molecule has 0 atom stereocenters. The van der Waals surface area contributed by atoms with E-state index in [0.29, 0.717) is 18.3 Å². The number of para-hydroxylation sites is 1. The quantitative estimate of drug-likeness (QED) is 0.545. The van der Waals surface area contributed by atoms with Crippen LogP contribution in [0, 0.1) is 13.8 Å². The van der Waals surface area contributed by atoms with Gasteiger partial charge in [0.05, 0.1) is 17.9 Å². The maximum Gasteiger partial charge on any atom is 0.234 e. The summed E-state index contributed by atoms with van der Waals surface area (Å²) in [5, 5.41) is 12.3. The van der Waals surface area contributed by atoms with Gasteiger partial charge in [-0.05, 0) is 63.1 Å². The van der Waals surface area contributed by atoms with Gasteiger partial charge in [0, 0.05) is 12.2 Å². The van der Waals surface area contributed by atoms with E-state index in [1.54, 1.807) is 0 Å². The number of benzene rings is 2. The predicted molar refractivity (Wildman–Crippen MR) is 118 cm³/mol. The Balaban J connectivity index is 1.73. The van der Waals surface area contributed by atoms with Crippen LogP contribution in [0.25, 0.3) is 11.4 Å². The third-order valence-electron chi connectivity index (χ3n) is 4.30. The van der Waals surface area contributed by atoms with Gasteiger partial charge in [0.25, 0.3) is 0 Å². The summed E-state index contributed by atoms with van der Waals surface area (Å²) >= 11 is 1.38. The third-order valence-corrected chi connectivity index (χ3v) is 5.27. The number of ether oxygens (including phenoxy) is 1. The number of hydrogen-bond acceptors (Lipinski definition) is 5. The Kier molecular flexibility index (Phi) is 6.93. The molecule has 0 saturated heterocycles. The fourth-order valence-corrected chi connectivity index (χ4v) is 3.99. The van der Waals surface area contributed by atoms with Crippen molar-refractivity contribution in [1.82, 2.24) is 14.8 Å². The highest BCUT2D eigenvalue weighted by Crippen LogP contribution is 2.31. The SMILES string of the molecule is CCOc1ccccc1-c1nnc(SCC(=O)Nc2cc(C)cc(C)c2)n1CC. The van der Waals surface area contributed by atoms with E-state index < -0.39 is 0 Å². The van der Waals surface area contributed by atoms with E-state index >= 15 is 0 Å². The lowest BCUT2D eigenvalue weighted by Gasteiger charge is -2.11. The molecule has 1 N–H and O–H groups in total. The maximum absolute atomic E-state index is 12.4. The van der Waals surface area contributed by atoms with Crippen LogP contribution in [0.5, 0.6) is 5.75 Å². The molecule has 1 heterocycles. The van der Waals surface area contributed by atoms with Gasteiger partial charge in [-0.2, -0.15) is 0 Å². The van der Waals surface area contributed by atoms with Crippen molar-refractivity contribution in [3.63, 3.8) is 0 Å². The number of carbonyl (C=O) groups is 1. The highest BCUT2D eigenvalue weighted by Gasteiger charge is 2.17. The standard InChI is InChI=1S/C22H26N4O2S/c1-5-26-21(18-9-7-8-10-19(18)28-6-2)24-25-22(26)29-14-20(27)23-17-12-15(3)11-16(4)13-17/h7-13H,5-6,14H2,1-4H3,(H,23,27). The van der Waals surface area contributed by atoms with E-state index in [0.717, 1.165) is 34.0 Å². The van der Waals surface area contributed by atoms with Crippen molar-refractivity contribution in [2.75, 3.05) is 17.7 Å². The van der Waals surface area contributed by atoms with Gasteiger partial charge in [-0.1, -0.05) is 30.0 Å². The lowest BCUT2D eigenvalue weighted by Crippen LogP contribution is -2.15. The second-order valence-electron chi connectivity index (χ2n) is 6.69. The molecule has 1 amide bonds. The summed E-state index contributed by atoms with van der Waals surface area (Å²) in [7, 11) is 0. The number of rotatable bonds is 8. The third kappa shape index (κ3) is 5.17. The first kappa shape index (κ1) is 20.9. The Morgan fingerprint density at radius 2 is 1.83 bits per heavy atom. The van der Waals surface area contributed by atoms with E-state index in [9.17, 15) is 4.79 Å². The molecule has 0 aliphatic carbocycles. The molecule has 3 aromatic rings. The Hall–Kier alpha value is -2.80. The van der Waals surface area contributed by atoms with Gasteiger partial charge in [0.2, 0.25) is 5.91 Å². The second kappa shape index (κ2) is 9.60. The van der Waals surface area contributed by atoms with Gasteiger partial charge in [-0.3, -0.25) is 4.79 Å². The van der Waals surface area contributed by atoms with Crippen LogP contribution < -0.4 is 10.1 Å². The minimum Gasteiger partial charge on any atom is -0.493 e. The van der Waals surface area contributed by atoms with Crippen LogP contribution in [0.3, 0.4) is 0 Å². The van der Waals surface area contributed by atoms with E-state index in [-0.39, 0.29) is 11.7 Å². The van der Waals surface area contributed by atoms with E-state index in [4.69, 9.17) is 4.74 Å². The van der Waals surface area contributed by atoms with Gasteiger partial charge in [-0.15, -0.1) is 10.2 Å². The molecule has 152 valence electrons. The Bertz CT molecular complexity index is 980. The van der Waals surface area contributed by atoms with Crippen molar-refractivity contribution in [3.8, 4) is 17.1 Å². The summed E-state index contributed by atoms with van der Waals surface area (Å²) in [6.45, 7) is 9.31. The number of aromatic nitrogens is 3. The summed E-state index contributed by atoms with van der Waals surface area (Å²) in [4.78, 5) is 12.4. The van der Waals surface area contributed by atoms with Crippen LogP contribution >= 0.6 is 11.8 Å². The van der Waals surface area contributed by atoms with Crippen molar-refractivity contribution < 1.29 is 9.53 Å². The van der Waals surface area contributed by atoms with Gasteiger partial charge < -0.3 is 14.6 Å². The fraction of sp³-hybridized carbons (Fsp3) is 0.318. The Morgan fingerprint density at radius 3 is 2.52 bits per heavy atom. The van der Waals surface area contributed by atoms with Gasteiger partial charge in [0.15, 0.2) is 11.0 Å². The second-order valence-corrected chi connectivity index (χ2v) is 7.64. The van der Waals surface area contributed by atoms with E-state index in [2.05, 4.69) is 21.6 Å². The average Bonchev–Trinajstić information content (AvgIpc) is 3.09. The largest absolute Gasteiger partial charge is 0.493 e. The lowest BCUT2D eigenvalue weighted by molar-refractivity contribution is -0.113. The van der Waals surface area contributed by atoms with E-state index in [1.165, 1.54) is 11.8 Å². The van der Waals surface area contributed by atoms with Crippen molar-refractivity contribution in [1.29, 1.82) is 0 Å². The first-order valence-corrected chi connectivity index (χ1v) is 10.7. The molecule has 1 aromatic heterocycles. The first-order valence-electron chi connectivity index (χ1n) is 9.68. The molecular weight excluding hydrogens is 384 g/mol.